The molecule has 1 aliphatic rings. The lowest BCUT2D eigenvalue weighted by Crippen LogP contribution is -2.45. The molecule has 0 atom stereocenters. The van der Waals surface area contributed by atoms with Crippen LogP contribution in [0.5, 0.6) is 0 Å². The fourth-order valence-corrected chi connectivity index (χ4v) is 4.41. The second-order valence-electron chi connectivity index (χ2n) is 5.77. The predicted molar refractivity (Wildman–Crippen MR) is 94.2 cm³/mol. The maximum atomic E-state index is 12.0. The molecule has 0 amide bonds. The molecule has 0 aliphatic carbocycles. The Labute approximate surface area is 142 Å². The summed E-state index contributed by atoms with van der Waals surface area (Å²) in [5, 5.41) is 4.04. The summed E-state index contributed by atoms with van der Waals surface area (Å²) in [6.45, 7) is 5.99. The van der Waals surface area contributed by atoms with Crippen LogP contribution in [0.25, 0.3) is 4.96 Å². The van der Waals surface area contributed by atoms with E-state index in [2.05, 4.69) is 32.3 Å². The zero-order chi connectivity index (χ0) is 15.6. The summed E-state index contributed by atoms with van der Waals surface area (Å²) in [6, 6.07) is 5.98. The van der Waals surface area contributed by atoms with Crippen LogP contribution in [0.1, 0.15) is 10.6 Å². The van der Waals surface area contributed by atoms with Crippen molar-refractivity contribution in [3.8, 4) is 0 Å². The van der Waals surface area contributed by atoms with Crippen molar-refractivity contribution in [1.82, 2.24) is 19.2 Å². The molecule has 3 aromatic heterocycles. The summed E-state index contributed by atoms with van der Waals surface area (Å²) in [6.07, 6.45) is 1.78. The van der Waals surface area contributed by atoms with Crippen molar-refractivity contribution in [2.75, 3.05) is 26.2 Å². The fraction of sp³-hybridized carbons (Fsp3) is 0.375. The third kappa shape index (κ3) is 3.37. The maximum Gasteiger partial charge on any atom is 0.258 e. The molecule has 1 aliphatic heterocycles. The van der Waals surface area contributed by atoms with Crippen LogP contribution in [0.2, 0.25) is 0 Å². The van der Waals surface area contributed by atoms with Crippen LogP contribution in [0.3, 0.4) is 0 Å². The highest BCUT2D eigenvalue weighted by Gasteiger charge is 2.18. The largest absolute Gasteiger partial charge is 0.296 e. The molecule has 3 aromatic rings. The van der Waals surface area contributed by atoms with Crippen LogP contribution in [-0.4, -0.2) is 45.4 Å². The third-order valence-corrected chi connectivity index (χ3v) is 5.78. The van der Waals surface area contributed by atoms with Gasteiger partial charge >= 0.3 is 0 Å². The van der Waals surface area contributed by atoms with Gasteiger partial charge in [0.15, 0.2) is 4.96 Å². The van der Waals surface area contributed by atoms with Crippen molar-refractivity contribution >= 4 is 27.6 Å². The normalized spacial score (nSPS) is 17.0. The average molecular weight is 346 g/mol. The van der Waals surface area contributed by atoms with E-state index in [-0.39, 0.29) is 5.56 Å². The molecule has 7 heteroatoms. The lowest BCUT2D eigenvalue weighted by molar-refractivity contribution is 0.122. The first kappa shape index (κ1) is 15.0. The molecule has 0 saturated carbocycles. The summed E-state index contributed by atoms with van der Waals surface area (Å²) in [4.78, 5) is 23.7. The van der Waals surface area contributed by atoms with Gasteiger partial charge in [0.25, 0.3) is 5.56 Å². The lowest BCUT2D eigenvalue weighted by Gasteiger charge is -2.34. The molecule has 1 fully saturated rings. The van der Waals surface area contributed by atoms with Gasteiger partial charge in [-0.3, -0.25) is 19.0 Å². The van der Waals surface area contributed by atoms with E-state index in [9.17, 15) is 4.79 Å². The predicted octanol–water partition coefficient (Wildman–Crippen LogP) is 2.14. The number of thiazole rings is 1. The van der Waals surface area contributed by atoms with E-state index in [0.717, 1.165) is 49.9 Å². The van der Waals surface area contributed by atoms with Crippen LogP contribution >= 0.6 is 22.7 Å². The van der Waals surface area contributed by atoms with Crippen molar-refractivity contribution in [3.63, 3.8) is 0 Å². The van der Waals surface area contributed by atoms with Gasteiger partial charge in [-0.25, -0.2) is 4.98 Å². The number of nitrogens with zero attached hydrogens (tertiary/aromatic N) is 4. The summed E-state index contributed by atoms with van der Waals surface area (Å²) >= 11 is 3.33. The van der Waals surface area contributed by atoms with Crippen molar-refractivity contribution in [3.05, 3.63) is 56.1 Å². The van der Waals surface area contributed by atoms with Gasteiger partial charge in [0, 0.05) is 61.8 Å². The van der Waals surface area contributed by atoms with Gasteiger partial charge in [-0.05, 0) is 11.4 Å². The molecule has 120 valence electrons. The van der Waals surface area contributed by atoms with Gasteiger partial charge in [-0.2, -0.15) is 0 Å². The van der Waals surface area contributed by atoms with E-state index in [1.54, 1.807) is 16.7 Å². The van der Waals surface area contributed by atoms with E-state index in [4.69, 9.17) is 0 Å². The van der Waals surface area contributed by atoms with Gasteiger partial charge in [-0.15, -0.1) is 22.7 Å². The van der Waals surface area contributed by atoms with Crippen LogP contribution < -0.4 is 5.56 Å². The molecule has 23 heavy (non-hydrogen) atoms. The summed E-state index contributed by atoms with van der Waals surface area (Å²) < 4.78 is 1.60. The monoisotopic (exact) mass is 346 g/mol. The van der Waals surface area contributed by atoms with E-state index in [1.165, 1.54) is 16.2 Å². The van der Waals surface area contributed by atoms with E-state index < -0.39 is 0 Å². The number of hydrogen-bond acceptors (Lipinski definition) is 6. The number of aromatic nitrogens is 2. The first-order valence-corrected chi connectivity index (χ1v) is 9.47. The zero-order valence-corrected chi connectivity index (χ0v) is 14.4. The van der Waals surface area contributed by atoms with Crippen LogP contribution in [0, 0.1) is 0 Å². The second-order valence-corrected chi connectivity index (χ2v) is 7.68. The van der Waals surface area contributed by atoms with Gasteiger partial charge in [-0.1, -0.05) is 6.07 Å². The highest BCUT2D eigenvalue weighted by Crippen LogP contribution is 2.14. The van der Waals surface area contributed by atoms with Crippen LogP contribution in [0.4, 0.5) is 0 Å². The smallest absolute Gasteiger partial charge is 0.258 e. The maximum absolute atomic E-state index is 12.0. The molecule has 5 nitrogen and oxygen atoms in total. The molecule has 1 saturated heterocycles. The minimum Gasteiger partial charge on any atom is -0.296 e. The number of hydrogen-bond donors (Lipinski definition) is 0. The molecule has 0 unspecified atom stereocenters. The van der Waals surface area contributed by atoms with Crippen molar-refractivity contribution in [2.24, 2.45) is 0 Å². The lowest BCUT2D eigenvalue weighted by atomic mass is 10.2. The third-order valence-electron chi connectivity index (χ3n) is 4.17. The Hall–Kier alpha value is -1.54. The Morgan fingerprint density at radius 3 is 2.57 bits per heavy atom. The van der Waals surface area contributed by atoms with E-state index >= 15 is 0 Å². The molecule has 0 bridgehead atoms. The first-order chi connectivity index (χ1) is 11.3. The number of thiophene rings is 1. The Bertz CT molecular complexity index is 831. The summed E-state index contributed by atoms with van der Waals surface area (Å²) in [5.74, 6) is 0. The minimum absolute atomic E-state index is 0.0163. The van der Waals surface area contributed by atoms with E-state index in [0.29, 0.717) is 0 Å². The van der Waals surface area contributed by atoms with Crippen molar-refractivity contribution < 1.29 is 0 Å². The van der Waals surface area contributed by atoms with Gasteiger partial charge in [0.1, 0.15) is 0 Å². The standard InChI is InChI=1S/C16H18N4OS2/c21-15-10-13(17-16-20(15)7-9-23-16)11-18-3-5-19(6-4-18)12-14-2-1-8-22-14/h1-2,7-10H,3-6,11-12H2. The molecular weight excluding hydrogens is 328 g/mol. The first-order valence-electron chi connectivity index (χ1n) is 7.71. The minimum atomic E-state index is 0.0163. The topological polar surface area (TPSA) is 40.9 Å². The molecule has 4 rings (SSSR count). The number of piperazine rings is 1. The van der Waals surface area contributed by atoms with Gasteiger partial charge < -0.3 is 0 Å². The highest BCUT2D eigenvalue weighted by atomic mass is 32.1. The van der Waals surface area contributed by atoms with Gasteiger partial charge in [0.2, 0.25) is 0 Å². The Kier molecular flexibility index (Phi) is 4.26. The molecule has 0 radical (unpaired) electrons. The molecule has 4 heterocycles. The Morgan fingerprint density at radius 2 is 1.83 bits per heavy atom. The summed E-state index contributed by atoms with van der Waals surface area (Å²) in [7, 11) is 0. The van der Waals surface area contributed by atoms with Crippen molar-refractivity contribution in [1.29, 1.82) is 0 Å². The number of rotatable bonds is 4. The SMILES string of the molecule is O=c1cc(CN2CCN(Cc3cccs3)CC2)nc2sccn12. The Morgan fingerprint density at radius 1 is 1.04 bits per heavy atom. The molecule has 0 aromatic carbocycles. The van der Waals surface area contributed by atoms with Gasteiger partial charge in [0.05, 0.1) is 5.69 Å². The quantitative estimate of drug-likeness (QED) is 0.726. The zero-order valence-electron chi connectivity index (χ0n) is 12.7. The second kappa shape index (κ2) is 6.52. The van der Waals surface area contributed by atoms with Crippen LogP contribution in [-0.2, 0) is 13.1 Å². The Balaban J connectivity index is 1.37. The molecular formula is C16H18N4OS2. The van der Waals surface area contributed by atoms with E-state index in [1.807, 2.05) is 16.7 Å². The fourth-order valence-electron chi connectivity index (χ4n) is 2.93. The van der Waals surface area contributed by atoms with Crippen molar-refractivity contribution in [2.45, 2.75) is 13.1 Å². The molecule has 0 N–H and O–H groups in total. The summed E-state index contributed by atoms with van der Waals surface area (Å²) in [5.41, 5.74) is 0.895. The average Bonchev–Trinajstić information content (AvgIpc) is 3.21. The number of fused-ring (bicyclic) bond motifs is 1. The highest BCUT2D eigenvalue weighted by molar-refractivity contribution is 7.15. The van der Waals surface area contributed by atoms with Crippen LogP contribution in [0.15, 0.2) is 40.0 Å². The molecule has 0 spiro atoms.